The molecule has 1 aromatic heterocycles. The molecular weight excluding hydrogens is 230 g/mol. The summed E-state index contributed by atoms with van der Waals surface area (Å²) in [6, 6.07) is 1.74. The third kappa shape index (κ3) is 4.31. The Morgan fingerprint density at radius 2 is 2.22 bits per heavy atom. The van der Waals surface area contributed by atoms with E-state index in [0.717, 1.165) is 18.7 Å². The zero-order valence-electron chi connectivity index (χ0n) is 11.2. The predicted molar refractivity (Wildman–Crippen MR) is 72.3 cm³/mol. The zero-order chi connectivity index (χ0) is 13.5. The monoisotopic (exact) mass is 251 g/mol. The quantitative estimate of drug-likeness (QED) is 0.386. The summed E-state index contributed by atoms with van der Waals surface area (Å²) in [5.74, 6) is 5.23. The second-order valence-corrected chi connectivity index (χ2v) is 4.43. The summed E-state index contributed by atoms with van der Waals surface area (Å²) < 4.78 is 0. The van der Waals surface area contributed by atoms with Gasteiger partial charge in [-0.1, -0.05) is 0 Å². The van der Waals surface area contributed by atoms with Crippen molar-refractivity contribution in [3.63, 3.8) is 0 Å². The number of nitrogens with zero attached hydrogens (tertiary/aromatic N) is 2. The predicted octanol–water partition coefficient (Wildman–Crippen LogP) is 0.357. The minimum absolute atomic E-state index is 0.158. The summed E-state index contributed by atoms with van der Waals surface area (Å²) >= 11 is 0. The van der Waals surface area contributed by atoms with Crippen LogP contribution in [0, 0.1) is 6.92 Å². The van der Waals surface area contributed by atoms with Gasteiger partial charge in [0.05, 0.1) is 11.3 Å². The lowest BCUT2D eigenvalue weighted by atomic mass is 10.2. The molecule has 1 amide bonds. The maximum atomic E-state index is 11.9. The molecule has 0 aliphatic carbocycles. The Kier molecular flexibility index (Phi) is 5.54. The Bertz CT molecular complexity index is 405. The molecule has 0 aliphatic heterocycles. The second-order valence-electron chi connectivity index (χ2n) is 4.43. The van der Waals surface area contributed by atoms with Crippen LogP contribution in [-0.2, 0) is 0 Å². The van der Waals surface area contributed by atoms with Crippen molar-refractivity contribution in [2.24, 2.45) is 5.84 Å². The van der Waals surface area contributed by atoms with Crippen molar-refractivity contribution >= 4 is 11.6 Å². The van der Waals surface area contributed by atoms with Crippen LogP contribution in [0.3, 0.4) is 0 Å². The topological polar surface area (TPSA) is 83.3 Å². The van der Waals surface area contributed by atoms with Gasteiger partial charge in [0.1, 0.15) is 0 Å². The van der Waals surface area contributed by atoms with Gasteiger partial charge >= 0.3 is 0 Å². The molecule has 0 radical (unpaired) electrons. The van der Waals surface area contributed by atoms with E-state index in [4.69, 9.17) is 5.84 Å². The van der Waals surface area contributed by atoms with Crippen LogP contribution in [0.25, 0.3) is 0 Å². The molecule has 0 saturated heterocycles. The van der Waals surface area contributed by atoms with Gasteiger partial charge in [0, 0.05) is 18.4 Å². The molecule has 0 bridgehead atoms. The fourth-order valence-electron chi connectivity index (χ4n) is 1.55. The highest BCUT2D eigenvalue weighted by Gasteiger charge is 2.11. The highest BCUT2D eigenvalue weighted by molar-refractivity contribution is 5.99. The van der Waals surface area contributed by atoms with Gasteiger partial charge in [-0.2, -0.15) is 0 Å². The molecule has 0 spiro atoms. The minimum Gasteiger partial charge on any atom is -0.352 e. The van der Waals surface area contributed by atoms with Gasteiger partial charge in [-0.3, -0.25) is 15.6 Å². The number of nitrogens with one attached hydrogen (secondary N) is 2. The number of aromatic nitrogens is 1. The zero-order valence-corrected chi connectivity index (χ0v) is 11.2. The van der Waals surface area contributed by atoms with E-state index in [1.165, 1.54) is 6.20 Å². The van der Waals surface area contributed by atoms with Crippen molar-refractivity contribution < 1.29 is 4.79 Å². The third-order valence-electron chi connectivity index (χ3n) is 2.51. The molecule has 0 saturated carbocycles. The lowest BCUT2D eigenvalue weighted by Gasteiger charge is -2.11. The van der Waals surface area contributed by atoms with E-state index >= 15 is 0 Å². The summed E-state index contributed by atoms with van der Waals surface area (Å²) in [5.41, 5.74) is 4.39. The highest BCUT2D eigenvalue weighted by Crippen LogP contribution is 2.13. The van der Waals surface area contributed by atoms with Crippen molar-refractivity contribution in [1.29, 1.82) is 0 Å². The first-order valence-electron chi connectivity index (χ1n) is 5.90. The van der Waals surface area contributed by atoms with Crippen LogP contribution in [-0.4, -0.2) is 43.0 Å². The van der Waals surface area contributed by atoms with Gasteiger partial charge in [0.15, 0.2) is 0 Å². The third-order valence-corrected chi connectivity index (χ3v) is 2.51. The van der Waals surface area contributed by atoms with Crippen molar-refractivity contribution in [2.45, 2.75) is 13.3 Å². The van der Waals surface area contributed by atoms with Crippen LogP contribution in [0.2, 0.25) is 0 Å². The number of carbonyl (C=O) groups excluding carboxylic acids is 1. The number of hydrogen-bond donors (Lipinski definition) is 3. The van der Waals surface area contributed by atoms with Crippen molar-refractivity contribution in [3.05, 3.63) is 23.5 Å². The van der Waals surface area contributed by atoms with Crippen LogP contribution < -0.4 is 16.6 Å². The van der Waals surface area contributed by atoms with Gasteiger partial charge in [0.25, 0.3) is 5.91 Å². The van der Waals surface area contributed by atoms with Crippen molar-refractivity contribution in [2.75, 3.05) is 32.6 Å². The maximum absolute atomic E-state index is 11.9. The summed E-state index contributed by atoms with van der Waals surface area (Å²) in [6.45, 7) is 3.42. The van der Waals surface area contributed by atoms with Crippen LogP contribution in [0.5, 0.6) is 0 Å². The number of pyridine rings is 1. The number of aryl methyl sites for hydroxylation is 1. The average Bonchev–Trinajstić information content (AvgIpc) is 2.33. The first kappa shape index (κ1) is 14.4. The molecular formula is C12H21N5O. The Morgan fingerprint density at radius 3 is 2.83 bits per heavy atom. The van der Waals surface area contributed by atoms with Gasteiger partial charge < -0.3 is 15.6 Å². The summed E-state index contributed by atoms with van der Waals surface area (Å²) in [6.07, 6.45) is 2.44. The number of hydrazine groups is 1. The second kappa shape index (κ2) is 6.93. The van der Waals surface area contributed by atoms with E-state index in [1.807, 2.05) is 21.0 Å². The summed E-state index contributed by atoms with van der Waals surface area (Å²) in [7, 11) is 4.00. The molecule has 100 valence electrons. The minimum atomic E-state index is -0.158. The van der Waals surface area contributed by atoms with E-state index in [1.54, 1.807) is 6.07 Å². The standard InChI is InChI=1S/C12H21N5O/c1-9-7-11(16-13)10(8-15-9)12(18)14-5-4-6-17(2)3/h7-8H,4-6,13H2,1-3H3,(H,14,18)(H,15,16). The Balaban J connectivity index is 2.56. The Labute approximate surface area is 108 Å². The molecule has 0 fully saturated rings. The molecule has 1 heterocycles. The molecule has 1 rings (SSSR count). The molecule has 0 aromatic carbocycles. The number of amides is 1. The van der Waals surface area contributed by atoms with Crippen molar-refractivity contribution in [3.8, 4) is 0 Å². The van der Waals surface area contributed by atoms with E-state index < -0.39 is 0 Å². The van der Waals surface area contributed by atoms with Crippen molar-refractivity contribution in [1.82, 2.24) is 15.2 Å². The molecule has 0 unspecified atom stereocenters. The number of carbonyl (C=O) groups is 1. The number of rotatable bonds is 6. The average molecular weight is 251 g/mol. The number of hydrogen-bond acceptors (Lipinski definition) is 5. The van der Waals surface area contributed by atoms with Gasteiger partial charge in [0.2, 0.25) is 0 Å². The lowest BCUT2D eigenvalue weighted by Crippen LogP contribution is -2.28. The number of nitrogens with two attached hydrogens (primary N) is 1. The normalized spacial score (nSPS) is 10.5. The molecule has 0 atom stereocenters. The van der Waals surface area contributed by atoms with E-state index in [2.05, 4.69) is 20.6 Å². The van der Waals surface area contributed by atoms with E-state index in [-0.39, 0.29) is 5.91 Å². The number of nitrogen functional groups attached to an aromatic ring is 1. The molecule has 6 nitrogen and oxygen atoms in total. The highest BCUT2D eigenvalue weighted by atomic mass is 16.1. The maximum Gasteiger partial charge on any atom is 0.255 e. The van der Waals surface area contributed by atoms with E-state index in [0.29, 0.717) is 17.8 Å². The largest absolute Gasteiger partial charge is 0.352 e. The van der Waals surface area contributed by atoms with Gasteiger partial charge in [-0.05, 0) is 40.1 Å². The molecule has 4 N–H and O–H groups in total. The van der Waals surface area contributed by atoms with E-state index in [9.17, 15) is 4.79 Å². The first-order chi connectivity index (χ1) is 8.54. The van der Waals surface area contributed by atoms with Gasteiger partial charge in [-0.15, -0.1) is 0 Å². The fraction of sp³-hybridized carbons (Fsp3) is 0.500. The SMILES string of the molecule is Cc1cc(NN)c(C(=O)NCCCN(C)C)cn1. The Hall–Kier alpha value is -1.66. The molecule has 1 aromatic rings. The lowest BCUT2D eigenvalue weighted by molar-refractivity contribution is 0.0952. The molecule has 18 heavy (non-hydrogen) atoms. The molecule has 6 heteroatoms. The van der Waals surface area contributed by atoms with Gasteiger partial charge in [-0.25, -0.2) is 0 Å². The van der Waals surface area contributed by atoms with Crippen LogP contribution >= 0.6 is 0 Å². The number of anilines is 1. The summed E-state index contributed by atoms with van der Waals surface area (Å²) in [4.78, 5) is 18.1. The fourth-order valence-corrected chi connectivity index (χ4v) is 1.55. The van der Waals surface area contributed by atoms with Crippen LogP contribution in [0.1, 0.15) is 22.5 Å². The first-order valence-corrected chi connectivity index (χ1v) is 5.90. The van der Waals surface area contributed by atoms with Crippen LogP contribution in [0.15, 0.2) is 12.3 Å². The van der Waals surface area contributed by atoms with Crippen LogP contribution in [0.4, 0.5) is 5.69 Å². The Morgan fingerprint density at radius 1 is 1.50 bits per heavy atom. The molecule has 0 aliphatic rings. The summed E-state index contributed by atoms with van der Waals surface area (Å²) in [5, 5.41) is 2.85. The smallest absolute Gasteiger partial charge is 0.255 e.